The number of hydrogen-bond donors (Lipinski definition) is 6. The quantitative estimate of drug-likeness (QED) is 0.434. The summed E-state index contributed by atoms with van der Waals surface area (Å²) in [7, 11) is -8.60. The van der Waals surface area contributed by atoms with Crippen molar-refractivity contribution in [2.75, 3.05) is 0 Å². The van der Waals surface area contributed by atoms with Crippen molar-refractivity contribution in [3.05, 3.63) is 59.7 Å². The van der Waals surface area contributed by atoms with Gasteiger partial charge in [0.25, 0.3) is 0 Å². The third kappa shape index (κ3) is 4.13. The molecule has 0 aromatic heterocycles. The number of benzene rings is 2. The van der Waals surface area contributed by atoms with Crippen LogP contribution >= 0.6 is 15.9 Å². The van der Waals surface area contributed by atoms with Crippen LogP contribution in [0.3, 0.4) is 0 Å². The van der Waals surface area contributed by atoms with Crippen molar-refractivity contribution in [2.24, 2.45) is 0 Å². The molecule has 0 aliphatic carbocycles. The van der Waals surface area contributed by atoms with E-state index in [0.717, 1.165) is 11.1 Å². The van der Waals surface area contributed by atoms with Gasteiger partial charge in [0.1, 0.15) is 0 Å². The van der Waals surface area contributed by atoms with Gasteiger partial charge in [-0.25, -0.2) is 0 Å². The molecular formula is C15H22O6P2. The van der Waals surface area contributed by atoms with Gasteiger partial charge in [0.05, 0.1) is 0 Å². The van der Waals surface area contributed by atoms with Gasteiger partial charge in [-0.1, -0.05) is 0 Å². The van der Waals surface area contributed by atoms with Crippen molar-refractivity contribution in [3.63, 3.8) is 0 Å². The molecule has 0 atom stereocenters. The minimum absolute atomic E-state index is 0.101. The summed E-state index contributed by atoms with van der Waals surface area (Å²) in [6.45, 7) is 3.92. The third-order valence-electron chi connectivity index (χ3n) is 3.99. The van der Waals surface area contributed by atoms with Crippen LogP contribution in [0.2, 0.25) is 0 Å². The van der Waals surface area contributed by atoms with Crippen molar-refractivity contribution in [2.45, 2.75) is 19.3 Å². The van der Waals surface area contributed by atoms with Gasteiger partial charge in [0.2, 0.25) is 0 Å². The summed E-state index contributed by atoms with van der Waals surface area (Å²) in [5, 5.41) is 0.202. The fourth-order valence-corrected chi connectivity index (χ4v) is 3.62. The second-order valence-corrected chi connectivity index (χ2v) is 9.75. The zero-order valence-electron chi connectivity index (χ0n) is 12.8. The Kier molecular flexibility index (Phi) is 4.94. The molecule has 0 fully saturated rings. The zero-order chi connectivity index (χ0) is 17.5. The van der Waals surface area contributed by atoms with Crippen LogP contribution in [0.15, 0.2) is 48.5 Å². The second kappa shape index (κ2) is 6.17. The maximum atomic E-state index is 9.29. The monoisotopic (exact) mass is 360 g/mol. The predicted octanol–water partition coefficient (Wildman–Crippen LogP) is 0.207. The van der Waals surface area contributed by atoms with Gasteiger partial charge < -0.3 is 0 Å². The molecule has 2 aromatic rings. The van der Waals surface area contributed by atoms with Crippen LogP contribution in [0.5, 0.6) is 0 Å². The molecule has 0 radical (unpaired) electrons. The van der Waals surface area contributed by atoms with E-state index in [4.69, 9.17) is 0 Å². The van der Waals surface area contributed by atoms with Crippen LogP contribution in [0.25, 0.3) is 0 Å². The first-order valence-electron chi connectivity index (χ1n) is 6.98. The van der Waals surface area contributed by atoms with Gasteiger partial charge in [-0.05, 0) is 0 Å². The average molecular weight is 360 g/mol. The maximum absolute atomic E-state index is 9.29. The van der Waals surface area contributed by atoms with E-state index in [2.05, 4.69) is 0 Å². The number of rotatable bonds is 4. The summed E-state index contributed by atoms with van der Waals surface area (Å²) in [6, 6.07) is 12.7. The predicted molar refractivity (Wildman–Crippen MR) is 94.2 cm³/mol. The molecule has 0 heterocycles. The standard InChI is InChI=1S/C15H22O6P2/c1-15(2,11-3-7-13(8-4-11)22(16,17)18)12-5-9-14(10-6-12)23(19,20)21/h3-10,16-23H,1-2H3. The van der Waals surface area contributed by atoms with Gasteiger partial charge in [-0.15, -0.1) is 0 Å². The van der Waals surface area contributed by atoms with Crippen LogP contribution in [0.1, 0.15) is 25.0 Å². The average Bonchev–Trinajstić information content (AvgIpc) is 2.46. The third-order valence-corrected chi connectivity index (χ3v) is 6.20. The van der Waals surface area contributed by atoms with Gasteiger partial charge >= 0.3 is 135 Å². The normalized spacial score (nSPS) is 14.6. The summed E-state index contributed by atoms with van der Waals surface area (Å²) >= 11 is 0. The molecule has 2 aromatic carbocycles. The first-order chi connectivity index (χ1) is 10.4. The van der Waals surface area contributed by atoms with E-state index in [1.165, 1.54) is 24.3 Å². The van der Waals surface area contributed by atoms with E-state index in [1.54, 1.807) is 24.3 Å². The summed E-state index contributed by atoms with van der Waals surface area (Å²) in [4.78, 5) is 55.7. The molecule has 0 saturated heterocycles. The fraction of sp³-hybridized carbons (Fsp3) is 0.200. The zero-order valence-corrected chi connectivity index (χ0v) is 14.8. The van der Waals surface area contributed by atoms with Crippen molar-refractivity contribution in [1.82, 2.24) is 0 Å². The van der Waals surface area contributed by atoms with Crippen LogP contribution in [-0.2, 0) is 5.41 Å². The van der Waals surface area contributed by atoms with E-state index in [-0.39, 0.29) is 10.6 Å². The van der Waals surface area contributed by atoms with Crippen LogP contribution in [-0.4, -0.2) is 29.4 Å². The first kappa shape index (κ1) is 18.4. The van der Waals surface area contributed by atoms with Crippen molar-refractivity contribution < 1.29 is 29.4 Å². The summed E-state index contributed by atoms with van der Waals surface area (Å²) < 4.78 is 0. The molecule has 6 nitrogen and oxygen atoms in total. The van der Waals surface area contributed by atoms with E-state index < -0.39 is 21.3 Å². The van der Waals surface area contributed by atoms with Crippen molar-refractivity contribution in [1.29, 1.82) is 0 Å². The molecule has 0 unspecified atom stereocenters. The second-order valence-electron chi connectivity index (χ2n) is 6.05. The Balaban J connectivity index is 2.34. The van der Waals surface area contributed by atoms with Gasteiger partial charge in [-0.2, -0.15) is 0 Å². The fourth-order valence-electron chi connectivity index (χ4n) is 2.39. The van der Waals surface area contributed by atoms with Gasteiger partial charge in [0, 0.05) is 0 Å². The van der Waals surface area contributed by atoms with Crippen LogP contribution in [0.4, 0.5) is 0 Å². The van der Waals surface area contributed by atoms with Crippen LogP contribution in [0, 0.1) is 0 Å². The Morgan fingerprint density at radius 1 is 0.565 bits per heavy atom. The summed E-state index contributed by atoms with van der Waals surface area (Å²) in [5.41, 5.74) is 1.33. The van der Waals surface area contributed by atoms with E-state index >= 15 is 0 Å². The molecule has 128 valence electrons. The molecule has 6 N–H and O–H groups in total. The molecule has 0 bridgehead atoms. The minimum atomic E-state index is -4.30. The number of hydrogen-bond acceptors (Lipinski definition) is 6. The Morgan fingerprint density at radius 2 is 0.826 bits per heavy atom. The van der Waals surface area contributed by atoms with Gasteiger partial charge in [-0.3, -0.25) is 0 Å². The molecule has 0 spiro atoms. The Hall–Kier alpha value is -0.940. The molecule has 0 saturated carbocycles. The van der Waals surface area contributed by atoms with Crippen molar-refractivity contribution >= 4 is 26.5 Å². The molecule has 2 rings (SSSR count). The molecule has 23 heavy (non-hydrogen) atoms. The Labute approximate surface area is 135 Å². The summed E-state index contributed by atoms with van der Waals surface area (Å²) in [6.07, 6.45) is 0. The van der Waals surface area contributed by atoms with E-state index in [9.17, 15) is 29.4 Å². The first-order valence-corrected chi connectivity index (χ1v) is 10.7. The SMILES string of the molecule is CC(C)(c1ccc([PH](O)(O)O)cc1)c1ccc([PH](O)(O)O)cc1. The van der Waals surface area contributed by atoms with Crippen LogP contribution < -0.4 is 10.6 Å². The molecular weight excluding hydrogens is 338 g/mol. The molecule has 8 heteroatoms. The van der Waals surface area contributed by atoms with Crippen molar-refractivity contribution in [3.8, 4) is 0 Å². The topological polar surface area (TPSA) is 121 Å². The van der Waals surface area contributed by atoms with E-state index in [1.807, 2.05) is 13.8 Å². The van der Waals surface area contributed by atoms with Gasteiger partial charge in [0.15, 0.2) is 0 Å². The summed E-state index contributed by atoms with van der Waals surface area (Å²) in [5.74, 6) is 0. The Morgan fingerprint density at radius 3 is 1.04 bits per heavy atom. The van der Waals surface area contributed by atoms with E-state index in [0.29, 0.717) is 0 Å². The molecule has 0 aliphatic rings. The Bertz CT molecular complexity index is 610. The molecule has 0 amide bonds. The molecule has 0 aliphatic heterocycles.